The van der Waals surface area contributed by atoms with Gasteiger partial charge in [-0.25, -0.2) is 8.78 Å². The van der Waals surface area contributed by atoms with Gasteiger partial charge in [0.15, 0.2) is 17.5 Å². The highest BCUT2D eigenvalue weighted by Crippen LogP contribution is 2.32. The van der Waals surface area contributed by atoms with Gasteiger partial charge < -0.3 is 10.3 Å². The fraction of sp³-hybridized carbons (Fsp3) is 0.467. The lowest BCUT2D eigenvalue weighted by Gasteiger charge is -2.07. The Morgan fingerprint density at radius 2 is 1.71 bits per heavy atom. The summed E-state index contributed by atoms with van der Waals surface area (Å²) < 4.78 is 31.6. The second kappa shape index (κ2) is 5.79. The minimum atomic E-state index is -0.986. The summed E-state index contributed by atoms with van der Waals surface area (Å²) >= 11 is 0. The van der Waals surface area contributed by atoms with Crippen LogP contribution in [0.25, 0.3) is 11.5 Å². The average molecular weight is 293 g/mol. The fourth-order valence-corrected chi connectivity index (χ4v) is 2.80. The van der Waals surface area contributed by atoms with E-state index in [4.69, 9.17) is 10.3 Å². The first-order valence-electron chi connectivity index (χ1n) is 7.23. The summed E-state index contributed by atoms with van der Waals surface area (Å²) in [5.41, 5.74) is 6.03. The molecule has 4 nitrogen and oxygen atoms in total. The van der Waals surface area contributed by atoms with Gasteiger partial charge in [0.25, 0.3) is 5.89 Å². The van der Waals surface area contributed by atoms with E-state index >= 15 is 0 Å². The number of rotatable bonds is 2. The Labute approximate surface area is 121 Å². The molecule has 0 atom stereocenters. The largest absolute Gasteiger partial charge is 0.398 e. The van der Waals surface area contributed by atoms with E-state index in [2.05, 4.69) is 10.1 Å². The highest BCUT2D eigenvalue weighted by Gasteiger charge is 2.22. The first kappa shape index (κ1) is 14.0. The molecule has 1 aromatic heterocycles. The Morgan fingerprint density at radius 3 is 2.43 bits per heavy atom. The Bertz CT molecular complexity index is 634. The summed E-state index contributed by atoms with van der Waals surface area (Å²) in [6.07, 6.45) is 6.84. The van der Waals surface area contributed by atoms with Crippen molar-refractivity contribution in [1.29, 1.82) is 0 Å². The summed E-state index contributed by atoms with van der Waals surface area (Å²) in [4.78, 5) is 4.33. The molecule has 1 aliphatic carbocycles. The lowest BCUT2D eigenvalue weighted by molar-refractivity contribution is 0.409. The van der Waals surface area contributed by atoms with Gasteiger partial charge in [0.1, 0.15) is 0 Å². The lowest BCUT2D eigenvalue weighted by atomic mass is 10.00. The van der Waals surface area contributed by atoms with E-state index in [1.807, 2.05) is 0 Å². The van der Waals surface area contributed by atoms with Crippen molar-refractivity contribution in [3.63, 3.8) is 0 Å². The van der Waals surface area contributed by atoms with Crippen molar-refractivity contribution in [2.45, 2.75) is 44.4 Å². The van der Waals surface area contributed by atoms with Gasteiger partial charge in [-0.2, -0.15) is 4.98 Å². The van der Waals surface area contributed by atoms with Crippen molar-refractivity contribution in [3.8, 4) is 11.5 Å². The average Bonchev–Trinajstić information content (AvgIpc) is 2.78. The maximum Gasteiger partial charge on any atom is 0.260 e. The molecule has 3 rings (SSSR count). The van der Waals surface area contributed by atoms with E-state index in [0.29, 0.717) is 5.82 Å². The van der Waals surface area contributed by atoms with Gasteiger partial charge in [-0.05, 0) is 18.9 Å². The molecule has 112 valence electrons. The topological polar surface area (TPSA) is 64.9 Å². The van der Waals surface area contributed by atoms with Gasteiger partial charge in [-0.3, -0.25) is 0 Å². The molecule has 1 aliphatic rings. The molecular formula is C15H17F2N3O. The fourth-order valence-electron chi connectivity index (χ4n) is 2.80. The molecule has 6 heteroatoms. The molecule has 0 spiro atoms. The Balaban J connectivity index is 1.89. The van der Waals surface area contributed by atoms with E-state index < -0.39 is 11.6 Å². The van der Waals surface area contributed by atoms with Crippen LogP contribution >= 0.6 is 0 Å². The molecule has 0 aliphatic heterocycles. The molecule has 1 heterocycles. The Hall–Kier alpha value is -1.98. The van der Waals surface area contributed by atoms with Crippen LogP contribution in [0.4, 0.5) is 14.5 Å². The van der Waals surface area contributed by atoms with Gasteiger partial charge in [0.05, 0.1) is 5.56 Å². The van der Waals surface area contributed by atoms with Crippen LogP contribution in [-0.2, 0) is 0 Å². The maximum atomic E-state index is 13.3. The number of nitrogen functional groups attached to an aromatic ring is 1. The van der Waals surface area contributed by atoms with Crippen LogP contribution < -0.4 is 5.73 Å². The standard InChI is InChI=1S/C15H17F2N3O/c16-11-7-10(13(18)8-12(11)17)15-19-14(20-21-15)9-5-3-1-2-4-6-9/h7-9H,1-6,18H2. The number of hydrogen-bond acceptors (Lipinski definition) is 4. The van der Waals surface area contributed by atoms with Crippen molar-refractivity contribution < 1.29 is 13.3 Å². The molecule has 1 aromatic carbocycles. The van der Waals surface area contributed by atoms with Crippen LogP contribution in [0.15, 0.2) is 16.7 Å². The van der Waals surface area contributed by atoms with Crippen LogP contribution in [-0.4, -0.2) is 10.1 Å². The highest BCUT2D eigenvalue weighted by atomic mass is 19.2. The first-order valence-corrected chi connectivity index (χ1v) is 7.23. The molecule has 21 heavy (non-hydrogen) atoms. The van der Waals surface area contributed by atoms with Crippen LogP contribution in [0.2, 0.25) is 0 Å². The SMILES string of the molecule is Nc1cc(F)c(F)cc1-c1nc(C2CCCCCC2)no1. The predicted octanol–water partition coefficient (Wildman–Crippen LogP) is 4.03. The molecule has 0 unspecified atom stereocenters. The number of nitrogens with zero attached hydrogens (tertiary/aromatic N) is 2. The smallest absolute Gasteiger partial charge is 0.260 e. The highest BCUT2D eigenvalue weighted by molar-refractivity contribution is 5.70. The zero-order valence-corrected chi connectivity index (χ0v) is 11.6. The van der Waals surface area contributed by atoms with E-state index in [0.717, 1.165) is 37.8 Å². The van der Waals surface area contributed by atoms with Crippen LogP contribution in [0.1, 0.15) is 50.3 Å². The van der Waals surface area contributed by atoms with Crippen LogP contribution in [0, 0.1) is 11.6 Å². The zero-order valence-electron chi connectivity index (χ0n) is 11.6. The summed E-state index contributed by atoms with van der Waals surface area (Å²) in [6.45, 7) is 0. The van der Waals surface area contributed by atoms with Gasteiger partial charge in [0.2, 0.25) is 0 Å². The van der Waals surface area contributed by atoms with Crippen molar-refractivity contribution in [1.82, 2.24) is 10.1 Å². The van der Waals surface area contributed by atoms with E-state index in [1.165, 1.54) is 12.8 Å². The van der Waals surface area contributed by atoms with Gasteiger partial charge in [-0.15, -0.1) is 0 Å². The quantitative estimate of drug-likeness (QED) is 0.670. The third kappa shape index (κ3) is 2.89. The molecule has 2 N–H and O–H groups in total. The second-order valence-corrected chi connectivity index (χ2v) is 5.50. The Kier molecular flexibility index (Phi) is 3.86. The summed E-state index contributed by atoms with van der Waals surface area (Å²) in [6, 6.07) is 1.93. The number of aromatic nitrogens is 2. The van der Waals surface area contributed by atoms with Crippen LogP contribution in [0.5, 0.6) is 0 Å². The van der Waals surface area contributed by atoms with Gasteiger partial charge in [0, 0.05) is 17.7 Å². The normalized spacial score (nSPS) is 16.9. The molecule has 0 bridgehead atoms. The van der Waals surface area contributed by atoms with Crippen molar-refractivity contribution in [3.05, 3.63) is 29.6 Å². The first-order chi connectivity index (χ1) is 10.1. The molecule has 0 saturated heterocycles. The number of benzene rings is 1. The zero-order chi connectivity index (χ0) is 14.8. The number of anilines is 1. The minimum Gasteiger partial charge on any atom is -0.398 e. The summed E-state index contributed by atoms with van der Waals surface area (Å²) in [5.74, 6) is -0.911. The maximum absolute atomic E-state index is 13.3. The van der Waals surface area contributed by atoms with Crippen LogP contribution in [0.3, 0.4) is 0 Å². The molecule has 0 amide bonds. The monoisotopic (exact) mass is 293 g/mol. The molecular weight excluding hydrogens is 276 g/mol. The van der Waals surface area contributed by atoms with E-state index in [-0.39, 0.29) is 23.1 Å². The Morgan fingerprint density at radius 1 is 1.05 bits per heavy atom. The second-order valence-electron chi connectivity index (χ2n) is 5.50. The molecule has 0 radical (unpaired) electrons. The van der Waals surface area contributed by atoms with E-state index in [1.54, 1.807) is 0 Å². The number of hydrogen-bond donors (Lipinski definition) is 1. The van der Waals surface area contributed by atoms with E-state index in [9.17, 15) is 8.78 Å². The minimum absolute atomic E-state index is 0.0879. The van der Waals surface area contributed by atoms with Crippen molar-refractivity contribution >= 4 is 5.69 Å². The van der Waals surface area contributed by atoms with Gasteiger partial charge >= 0.3 is 0 Å². The van der Waals surface area contributed by atoms with Crippen molar-refractivity contribution in [2.24, 2.45) is 0 Å². The van der Waals surface area contributed by atoms with Crippen molar-refractivity contribution in [2.75, 3.05) is 5.73 Å². The van der Waals surface area contributed by atoms with Gasteiger partial charge in [-0.1, -0.05) is 30.8 Å². The molecule has 2 aromatic rings. The third-order valence-electron chi connectivity index (χ3n) is 3.98. The lowest BCUT2D eigenvalue weighted by Crippen LogP contribution is -2.00. The molecule has 1 saturated carbocycles. The number of halogens is 2. The molecule has 1 fully saturated rings. The third-order valence-corrected chi connectivity index (χ3v) is 3.98. The summed E-state index contributed by atoms with van der Waals surface area (Å²) in [7, 11) is 0. The predicted molar refractivity (Wildman–Crippen MR) is 74.5 cm³/mol. The number of nitrogens with two attached hydrogens (primary N) is 1. The summed E-state index contributed by atoms with van der Waals surface area (Å²) in [5, 5.41) is 3.99.